The Hall–Kier alpha value is -3.42. The van der Waals surface area contributed by atoms with E-state index in [1.54, 1.807) is 41.3 Å². The van der Waals surface area contributed by atoms with E-state index in [-0.39, 0.29) is 41.8 Å². The molecule has 0 radical (unpaired) electrons. The second-order valence-electron chi connectivity index (χ2n) is 9.42. The van der Waals surface area contributed by atoms with Crippen molar-refractivity contribution >= 4 is 23.0 Å². The topological polar surface area (TPSA) is 66.9 Å². The molecule has 0 aromatic heterocycles. The van der Waals surface area contributed by atoms with Crippen molar-refractivity contribution in [2.24, 2.45) is 0 Å². The molecule has 1 saturated heterocycles. The minimum absolute atomic E-state index is 0.0411. The van der Waals surface area contributed by atoms with E-state index < -0.39 is 11.9 Å². The summed E-state index contributed by atoms with van der Waals surface area (Å²) in [5.74, 6) is -1.13. The number of benzene rings is 2. The molecule has 0 saturated carbocycles. The average Bonchev–Trinajstić information content (AvgIpc) is 3.14. The number of ether oxygens (including phenoxy) is 1. The maximum atomic E-state index is 13.2. The summed E-state index contributed by atoms with van der Waals surface area (Å²) in [6.07, 6.45) is 2.41. The van der Waals surface area contributed by atoms with Crippen molar-refractivity contribution in [3.8, 4) is 0 Å². The molecular formula is C28H27FN2O4. The first-order valence-corrected chi connectivity index (χ1v) is 11.8. The molecule has 0 bridgehead atoms. The van der Waals surface area contributed by atoms with Crippen LogP contribution in [0.1, 0.15) is 35.3 Å². The van der Waals surface area contributed by atoms with Crippen molar-refractivity contribution in [1.29, 1.82) is 0 Å². The summed E-state index contributed by atoms with van der Waals surface area (Å²) in [5, 5.41) is 0. The first-order chi connectivity index (χ1) is 16.8. The summed E-state index contributed by atoms with van der Waals surface area (Å²) in [7, 11) is 0. The molecule has 180 valence electrons. The number of hydrogen-bond donors (Lipinski definition) is 0. The Bertz CT molecular complexity index is 1250. The normalized spacial score (nSPS) is 24.1. The highest BCUT2D eigenvalue weighted by atomic mass is 19.1. The van der Waals surface area contributed by atoms with Crippen LogP contribution in [-0.4, -0.2) is 65.2 Å². The maximum absolute atomic E-state index is 13.2. The lowest BCUT2D eigenvalue weighted by atomic mass is 9.94. The maximum Gasteiger partial charge on any atom is 0.248 e. The second-order valence-corrected chi connectivity index (χ2v) is 9.42. The van der Waals surface area contributed by atoms with Crippen LogP contribution in [-0.2, 0) is 20.9 Å². The number of hydrogen-bond acceptors (Lipinski definition) is 5. The van der Waals surface area contributed by atoms with Gasteiger partial charge in [0.15, 0.2) is 11.6 Å². The smallest absolute Gasteiger partial charge is 0.248 e. The molecule has 6 nitrogen and oxygen atoms in total. The van der Waals surface area contributed by atoms with Crippen LogP contribution < -0.4 is 0 Å². The summed E-state index contributed by atoms with van der Waals surface area (Å²) < 4.78 is 18.9. The zero-order chi connectivity index (χ0) is 24.7. The summed E-state index contributed by atoms with van der Waals surface area (Å²) in [6.45, 7) is 5.69. The van der Waals surface area contributed by atoms with Crippen LogP contribution in [0.3, 0.4) is 0 Å². The minimum atomic E-state index is -0.955. The molecule has 2 aromatic rings. The van der Waals surface area contributed by atoms with Crippen LogP contribution in [0.25, 0.3) is 5.57 Å². The fourth-order valence-electron chi connectivity index (χ4n) is 5.10. The fraction of sp³-hybridized carbons (Fsp3) is 0.321. The number of allylic oxidation sites excluding steroid dienone is 2. The Labute approximate surface area is 203 Å². The number of ketones is 2. The van der Waals surface area contributed by atoms with Crippen LogP contribution in [0.15, 0.2) is 66.3 Å². The number of piperazine rings is 1. The third-order valence-electron chi connectivity index (χ3n) is 7.02. The van der Waals surface area contributed by atoms with Gasteiger partial charge in [0.2, 0.25) is 5.91 Å². The highest BCUT2D eigenvalue weighted by Gasteiger charge is 2.39. The van der Waals surface area contributed by atoms with Gasteiger partial charge in [-0.1, -0.05) is 42.5 Å². The third-order valence-corrected chi connectivity index (χ3v) is 7.02. The predicted octanol–water partition coefficient (Wildman–Crippen LogP) is 3.42. The van der Waals surface area contributed by atoms with E-state index in [1.165, 1.54) is 12.1 Å². The van der Waals surface area contributed by atoms with Gasteiger partial charge in [-0.3, -0.25) is 19.3 Å². The Morgan fingerprint density at radius 3 is 2.46 bits per heavy atom. The van der Waals surface area contributed by atoms with Crippen molar-refractivity contribution in [2.45, 2.75) is 38.6 Å². The zero-order valence-electron chi connectivity index (χ0n) is 19.7. The Balaban J connectivity index is 1.18. The van der Waals surface area contributed by atoms with E-state index in [9.17, 15) is 18.8 Å². The highest BCUT2D eigenvalue weighted by molar-refractivity contribution is 6.37. The lowest BCUT2D eigenvalue weighted by Gasteiger charge is -2.44. The molecule has 5 rings (SSSR count). The summed E-state index contributed by atoms with van der Waals surface area (Å²) in [6, 6.07) is 13.7. The van der Waals surface area contributed by atoms with Crippen molar-refractivity contribution < 1.29 is 23.5 Å². The van der Waals surface area contributed by atoms with Gasteiger partial charge in [-0.15, -0.1) is 0 Å². The molecule has 1 aliphatic heterocycles. The van der Waals surface area contributed by atoms with Crippen LogP contribution in [0.5, 0.6) is 0 Å². The van der Waals surface area contributed by atoms with Gasteiger partial charge in [0.1, 0.15) is 18.5 Å². The number of carbonyl (C=O) groups is 3. The van der Waals surface area contributed by atoms with E-state index in [0.717, 1.165) is 11.1 Å². The number of nitrogens with zero attached hydrogens (tertiary/aromatic N) is 2. The molecule has 0 N–H and O–H groups in total. The van der Waals surface area contributed by atoms with E-state index >= 15 is 0 Å². The van der Waals surface area contributed by atoms with Gasteiger partial charge in [0.25, 0.3) is 0 Å². The Morgan fingerprint density at radius 1 is 1.00 bits per heavy atom. The number of fused-ring (bicyclic) bond motifs is 2. The van der Waals surface area contributed by atoms with Gasteiger partial charge in [-0.25, -0.2) is 4.39 Å². The van der Waals surface area contributed by atoms with Gasteiger partial charge >= 0.3 is 0 Å². The second kappa shape index (κ2) is 9.32. The Kier molecular flexibility index (Phi) is 6.21. The first kappa shape index (κ1) is 23.3. The van der Waals surface area contributed by atoms with Gasteiger partial charge in [-0.2, -0.15) is 0 Å². The molecule has 3 unspecified atom stereocenters. The van der Waals surface area contributed by atoms with Crippen molar-refractivity contribution in [3.63, 3.8) is 0 Å². The first-order valence-electron chi connectivity index (χ1n) is 11.8. The van der Waals surface area contributed by atoms with Crippen LogP contribution >= 0.6 is 0 Å². The fourth-order valence-corrected chi connectivity index (χ4v) is 5.10. The standard InChI is InChI=1S/C28H27FN2O4/c1-17-14-31(18(2)13-30(17)15-19-7-9-20(29)10-8-19)25(32)16-35-24-12-11-22-21-5-3-4-6-23(21)27(33)26(22)28(24)34/h3-12,17-18,24H,13-16H2,1-2H3. The van der Waals surface area contributed by atoms with E-state index in [2.05, 4.69) is 11.8 Å². The molecule has 7 heteroatoms. The average molecular weight is 475 g/mol. The lowest BCUT2D eigenvalue weighted by molar-refractivity contribution is -0.145. The van der Waals surface area contributed by atoms with Gasteiger partial charge in [0, 0.05) is 37.3 Å². The summed E-state index contributed by atoms with van der Waals surface area (Å²) >= 11 is 0. The number of amides is 1. The molecule has 3 aliphatic rings. The summed E-state index contributed by atoms with van der Waals surface area (Å²) in [5.41, 5.74) is 3.07. The highest BCUT2D eigenvalue weighted by Crippen LogP contribution is 2.37. The molecular weight excluding hydrogens is 447 g/mol. The van der Waals surface area contributed by atoms with Gasteiger partial charge in [-0.05, 0) is 48.8 Å². The van der Waals surface area contributed by atoms with E-state index in [1.807, 2.05) is 19.1 Å². The molecule has 1 heterocycles. The third kappa shape index (κ3) is 4.37. The quantitative estimate of drug-likeness (QED) is 0.622. The van der Waals surface area contributed by atoms with Crippen molar-refractivity contribution in [2.75, 3.05) is 19.7 Å². The Morgan fingerprint density at radius 2 is 1.71 bits per heavy atom. The molecule has 2 aliphatic carbocycles. The zero-order valence-corrected chi connectivity index (χ0v) is 19.7. The monoisotopic (exact) mass is 474 g/mol. The molecule has 3 atom stereocenters. The summed E-state index contributed by atoms with van der Waals surface area (Å²) in [4.78, 5) is 42.8. The van der Waals surface area contributed by atoms with Gasteiger partial charge < -0.3 is 9.64 Å². The largest absolute Gasteiger partial charge is 0.356 e. The molecule has 2 aromatic carbocycles. The number of carbonyl (C=O) groups excluding carboxylic acids is 3. The van der Waals surface area contributed by atoms with Gasteiger partial charge in [0.05, 0.1) is 5.57 Å². The SMILES string of the molecule is CC1CN(C(=O)COC2C=CC3=C(C(=O)c4ccccc43)C2=O)C(C)CN1Cc1ccc(F)cc1. The van der Waals surface area contributed by atoms with E-state index in [0.29, 0.717) is 30.8 Å². The molecule has 0 spiro atoms. The number of rotatable bonds is 5. The number of halogens is 1. The van der Waals surface area contributed by atoms with Crippen LogP contribution in [0.2, 0.25) is 0 Å². The minimum Gasteiger partial charge on any atom is -0.356 e. The van der Waals surface area contributed by atoms with E-state index in [4.69, 9.17) is 4.74 Å². The molecule has 1 amide bonds. The van der Waals surface area contributed by atoms with Crippen molar-refractivity contribution in [1.82, 2.24) is 9.80 Å². The van der Waals surface area contributed by atoms with Crippen LogP contribution in [0, 0.1) is 5.82 Å². The van der Waals surface area contributed by atoms with Crippen LogP contribution in [0.4, 0.5) is 4.39 Å². The lowest BCUT2D eigenvalue weighted by Crippen LogP contribution is -2.58. The predicted molar refractivity (Wildman–Crippen MR) is 129 cm³/mol. The number of Topliss-reactive ketones (excluding diaryl/α,β-unsaturated/α-hetero) is 2. The molecule has 1 fully saturated rings. The molecule has 35 heavy (non-hydrogen) atoms. The van der Waals surface area contributed by atoms with Crippen molar-refractivity contribution in [3.05, 3.63) is 88.8 Å².